The highest BCUT2D eigenvalue weighted by molar-refractivity contribution is 7.25. The van der Waals surface area contributed by atoms with Crippen molar-refractivity contribution in [3.8, 4) is 33.9 Å². The molecule has 10 rings (SSSR count). The van der Waals surface area contributed by atoms with Gasteiger partial charge >= 0.3 is 0 Å². The van der Waals surface area contributed by atoms with Gasteiger partial charge in [0.15, 0.2) is 17.5 Å². The van der Waals surface area contributed by atoms with Gasteiger partial charge in [-0.15, -0.1) is 11.3 Å². The van der Waals surface area contributed by atoms with Gasteiger partial charge in [-0.1, -0.05) is 115 Å². The first kappa shape index (κ1) is 28.0. The predicted molar refractivity (Wildman–Crippen MR) is 206 cm³/mol. The molecule has 9 aromatic rings. The molecular formula is C44H28N4S. The normalized spacial score (nSPS) is 13.2. The number of thiophene rings is 1. The molecule has 1 aliphatic rings. The van der Waals surface area contributed by atoms with E-state index in [4.69, 9.17) is 19.9 Å². The number of allylic oxidation sites excluding steroid dienone is 4. The Morgan fingerprint density at radius 1 is 0.490 bits per heavy atom. The Bertz CT molecular complexity index is 2840. The van der Waals surface area contributed by atoms with E-state index in [0.29, 0.717) is 17.5 Å². The van der Waals surface area contributed by atoms with Crippen LogP contribution in [0, 0.1) is 0 Å². The van der Waals surface area contributed by atoms with Gasteiger partial charge in [0.2, 0.25) is 0 Å². The van der Waals surface area contributed by atoms with Gasteiger partial charge in [-0.2, -0.15) is 0 Å². The third kappa shape index (κ3) is 4.58. The van der Waals surface area contributed by atoms with Crippen molar-refractivity contribution in [1.29, 1.82) is 0 Å². The fourth-order valence-corrected chi connectivity index (χ4v) is 8.47. The number of nitrogens with zero attached hydrogens (tertiary/aromatic N) is 4. The first-order valence-electron chi connectivity index (χ1n) is 16.6. The summed E-state index contributed by atoms with van der Waals surface area (Å²) in [6.45, 7) is 0. The summed E-state index contributed by atoms with van der Waals surface area (Å²) in [5, 5.41) is 8.25. The molecule has 0 bridgehead atoms. The molecular weight excluding hydrogens is 617 g/mol. The van der Waals surface area contributed by atoms with E-state index >= 15 is 0 Å². The zero-order valence-electron chi connectivity index (χ0n) is 26.5. The van der Waals surface area contributed by atoms with Crippen LogP contribution >= 0.6 is 11.3 Å². The lowest BCUT2D eigenvalue weighted by Crippen LogP contribution is -2.04. The van der Waals surface area contributed by atoms with Crippen molar-refractivity contribution in [1.82, 2.24) is 19.9 Å². The summed E-state index contributed by atoms with van der Waals surface area (Å²) in [5.41, 5.74) is 6.16. The summed E-state index contributed by atoms with van der Waals surface area (Å²) < 4.78 is 2.48. The summed E-state index contributed by atoms with van der Waals surface area (Å²) in [6, 6.07) is 43.0. The van der Waals surface area contributed by atoms with E-state index in [-0.39, 0.29) is 0 Å². The van der Waals surface area contributed by atoms with E-state index in [1.54, 1.807) is 11.3 Å². The van der Waals surface area contributed by atoms with Gasteiger partial charge < -0.3 is 0 Å². The molecule has 0 N–H and O–H groups in total. The zero-order valence-corrected chi connectivity index (χ0v) is 27.3. The Labute approximate surface area is 286 Å². The molecule has 0 amide bonds. The average molecular weight is 645 g/mol. The molecule has 0 spiro atoms. The average Bonchev–Trinajstić information content (AvgIpc) is 3.57. The van der Waals surface area contributed by atoms with Crippen molar-refractivity contribution in [2.75, 3.05) is 0 Å². The van der Waals surface area contributed by atoms with Gasteiger partial charge in [-0.3, -0.25) is 4.98 Å². The molecule has 6 aromatic carbocycles. The summed E-state index contributed by atoms with van der Waals surface area (Å²) in [5.74, 6) is 2.03. The van der Waals surface area contributed by atoms with E-state index in [0.717, 1.165) is 57.0 Å². The maximum absolute atomic E-state index is 5.30. The first-order valence-corrected chi connectivity index (χ1v) is 17.4. The third-order valence-corrected chi connectivity index (χ3v) is 10.7. The fourth-order valence-electron chi connectivity index (χ4n) is 7.34. The molecule has 0 saturated carbocycles. The van der Waals surface area contributed by atoms with Crippen LogP contribution in [0.2, 0.25) is 0 Å². The maximum atomic E-state index is 5.30. The van der Waals surface area contributed by atoms with E-state index in [9.17, 15) is 0 Å². The number of aromatic nitrogens is 4. The highest BCUT2D eigenvalue weighted by Crippen LogP contribution is 2.42. The standard InChI is InChI=1S/C44H28N4S/c1-2-13-28(14-3-1)42-46-43(48-44(47-42)35-19-10-22-39-40(35)34-18-8-9-21-38(34)49-39)33-17-7-6-16-30(33)37-26-36-29-15-5-4-12-27(29)23-24-32(36)41-31(37)20-11-25-45-41/h2,4-26H,1,3H2. The first-order chi connectivity index (χ1) is 24.3. The van der Waals surface area contributed by atoms with Crippen LogP contribution in [0.1, 0.15) is 18.7 Å². The van der Waals surface area contributed by atoms with Gasteiger partial charge in [0.1, 0.15) is 0 Å². The van der Waals surface area contributed by atoms with Crippen molar-refractivity contribution in [2.45, 2.75) is 12.8 Å². The van der Waals surface area contributed by atoms with Crippen molar-refractivity contribution in [3.05, 3.63) is 152 Å². The predicted octanol–water partition coefficient (Wildman–Crippen LogP) is 11.8. The van der Waals surface area contributed by atoms with Crippen LogP contribution in [0.3, 0.4) is 0 Å². The quantitative estimate of drug-likeness (QED) is 0.179. The van der Waals surface area contributed by atoms with Crippen molar-refractivity contribution in [2.24, 2.45) is 0 Å². The van der Waals surface area contributed by atoms with Gasteiger partial charge in [-0.25, -0.2) is 15.0 Å². The van der Waals surface area contributed by atoms with Crippen LogP contribution in [0.4, 0.5) is 0 Å². The molecule has 0 atom stereocenters. The Morgan fingerprint density at radius 2 is 1.22 bits per heavy atom. The van der Waals surface area contributed by atoms with Crippen LogP contribution < -0.4 is 0 Å². The van der Waals surface area contributed by atoms with Crippen molar-refractivity contribution >= 4 is 69.5 Å². The monoisotopic (exact) mass is 644 g/mol. The van der Waals surface area contributed by atoms with Crippen LogP contribution in [-0.2, 0) is 0 Å². The van der Waals surface area contributed by atoms with E-state index in [1.807, 2.05) is 12.3 Å². The molecule has 4 nitrogen and oxygen atoms in total. The Morgan fingerprint density at radius 3 is 2.12 bits per heavy atom. The molecule has 0 aliphatic heterocycles. The molecule has 0 saturated heterocycles. The van der Waals surface area contributed by atoms with Gasteiger partial charge in [0, 0.05) is 53.8 Å². The minimum Gasteiger partial charge on any atom is -0.256 e. The lowest BCUT2D eigenvalue weighted by atomic mass is 9.91. The molecule has 1 aliphatic carbocycles. The fraction of sp³-hybridized carbons (Fsp3) is 0.0455. The number of hydrogen-bond acceptors (Lipinski definition) is 5. The van der Waals surface area contributed by atoms with Crippen LogP contribution in [0.25, 0.3) is 92.1 Å². The lowest BCUT2D eigenvalue weighted by Gasteiger charge is -2.16. The Kier molecular flexibility index (Phi) is 6.46. The smallest absolute Gasteiger partial charge is 0.164 e. The van der Waals surface area contributed by atoms with Crippen LogP contribution in [0.15, 0.2) is 146 Å². The summed E-state index contributed by atoms with van der Waals surface area (Å²) in [6.07, 6.45) is 10.5. The largest absolute Gasteiger partial charge is 0.256 e. The third-order valence-electron chi connectivity index (χ3n) is 9.60. The van der Waals surface area contributed by atoms with Crippen LogP contribution in [-0.4, -0.2) is 19.9 Å². The van der Waals surface area contributed by atoms with Crippen LogP contribution in [0.5, 0.6) is 0 Å². The summed E-state index contributed by atoms with van der Waals surface area (Å²) >= 11 is 1.81. The molecule has 0 fully saturated rings. The number of pyridine rings is 1. The highest BCUT2D eigenvalue weighted by atomic mass is 32.1. The molecule has 49 heavy (non-hydrogen) atoms. The van der Waals surface area contributed by atoms with E-state index in [2.05, 4.69) is 133 Å². The van der Waals surface area contributed by atoms with Gasteiger partial charge in [0.25, 0.3) is 0 Å². The number of rotatable bonds is 4. The SMILES string of the molecule is C1=CC(c2nc(-c3ccccc3-c3cc4c5ccccc5ccc4c4ncccc34)nc(-c3cccc4sc5ccccc5c34)n2)=CCC1. The maximum Gasteiger partial charge on any atom is 0.164 e. The summed E-state index contributed by atoms with van der Waals surface area (Å²) in [7, 11) is 0. The Hall–Kier alpha value is -6.04. The minimum absolute atomic E-state index is 0.655. The molecule has 0 unspecified atom stereocenters. The number of hydrogen-bond donors (Lipinski definition) is 0. The number of fused-ring (bicyclic) bond motifs is 8. The van der Waals surface area contributed by atoms with Gasteiger partial charge in [0.05, 0.1) is 5.52 Å². The van der Waals surface area contributed by atoms with Crippen molar-refractivity contribution < 1.29 is 0 Å². The van der Waals surface area contributed by atoms with E-state index in [1.165, 1.54) is 36.3 Å². The molecule has 3 heterocycles. The molecule has 0 radical (unpaired) electrons. The van der Waals surface area contributed by atoms with E-state index < -0.39 is 0 Å². The zero-order chi connectivity index (χ0) is 32.3. The topological polar surface area (TPSA) is 51.6 Å². The molecule has 3 aromatic heterocycles. The van der Waals surface area contributed by atoms with Crippen molar-refractivity contribution in [3.63, 3.8) is 0 Å². The highest BCUT2D eigenvalue weighted by Gasteiger charge is 2.20. The second-order valence-corrected chi connectivity index (χ2v) is 13.6. The second-order valence-electron chi connectivity index (χ2n) is 12.5. The summed E-state index contributed by atoms with van der Waals surface area (Å²) in [4.78, 5) is 20.6. The molecule has 5 heteroatoms. The Balaban J connectivity index is 1.26. The minimum atomic E-state index is 0.655. The number of benzene rings is 6. The van der Waals surface area contributed by atoms with Gasteiger partial charge in [-0.05, 0) is 64.4 Å². The second kappa shape index (κ2) is 11.3. The lowest BCUT2D eigenvalue weighted by molar-refractivity contribution is 1.01. The molecule has 230 valence electrons.